The summed E-state index contributed by atoms with van der Waals surface area (Å²) in [5.41, 5.74) is 0. The summed E-state index contributed by atoms with van der Waals surface area (Å²) < 4.78 is 38.8. The number of hydrogen-bond donors (Lipinski definition) is 3. The van der Waals surface area contributed by atoms with Gasteiger partial charge < -0.3 is 20.3 Å². The smallest absolute Gasteiger partial charge is 0.411 e. The predicted molar refractivity (Wildman–Crippen MR) is 48.1 cm³/mol. The van der Waals surface area contributed by atoms with Gasteiger partial charge in [0.25, 0.3) is 0 Å². The lowest BCUT2D eigenvalue weighted by Gasteiger charge is -2.09. The van der Waals surface area contributed by atoms with E-state index in [0.29, 0.717) is 0 Å². The number of ether oxygens (including phenoxy) is 1. The minimum atomic E-state index is -4.50. The highest BCUT2D eigenvalue weighted by molar-refractivity contribution is 5.77. The van der Waals surface area contributed by atoms with E-state index >= 15 is 0 Å². The highest BCUT2D eigenvalue weighted by Crippen LogP contribution is 2.13. The fourth-order valence-electron chi connectivity index (χ4n) is 0.782. The van der Waals surface area contributed by atoms with Crippen molar-refractivity contribution in [2.24, 2.45) is 0 Å². The number of amides is 1. The Labute approximate surface area is 94.4 Å². The van der Waals surface area contributed by atoms with Crippen LogP contribution < -0.4 is 5.32 Å². The van der Waals surface area contributed by atoms with Crippen molar-refractivity contribution in [2.75, 3.05) is 19.8 Å². The molecule has 100 valence electrons. The second-order valence-electron chi connectivity index (χ2n) is 3.10. The van der Waals surface area contributed by atoms with E-state index in [2.05, 4.69) is 10.1 Å². The number of nitrogens with one attached hydrogen (secondary N) is 1. The standard InChI is InChI=1S/C8H12F3NO5/c9-8(10,11)4-17-3-6(14)12-2-1-5(13)7(15)16/h5,13H,1-4H2,(H,12,14)(H,15,16). The third-order valence-electron chi connectivity index (χ3n) is 1.52. The normalized spacial score (nSPS) is 13.2. The van der Waals surface area contributed by atoms with Gasteiger partial charge in [-0.2, -0.15) is 13.2 Å². The fourth-order valence-corrected chi connectivity index (χ4v) is 0.782. The molecule has 0 aromatic carbocycles. The number of aliphatic hydroxyl groups excluding tert-OH is 1. The van der Waals surface area contributed by atoms with Crippen LogP contribution in [0.1, 0.15) is 6.42 Å². The Morgan fingerprint density at radius 1 is 1.35 bits per heavy atom. The summed E-state index contributed by atoms with van der Waals surface area (Å²) in [5.74, 6) is -2.25. The summed E-state index contributed by atoms with van der Waals surface area (Å²) >= 11 is 0. The van der Waals surface area contributed by atoms with E-state index in [9.17, 15) is 22.8 Å². The third-order valence-corrected chi connectivity index (χ3v) is 1.52. The molecule has 1 unspecified atom stereocenters. The van der Waals surface area contributed by atoms with Crippen LogP contribution in [0.25, 0.3) is 0 Å². The molecule has 3 N–H and O–H groups in total. The quantitative estimate of drug-likeness (QED) is 0.573. The Hall–Kier alpha value is -1.35. The second-order valence-corrected chi connectivity index (χ2v) is 3.10. The molecule has 6 nitrogen and oxygen atoms in total. The second kappa shape index (κ2) is 7.07. The van der Waals surface area contributed by atoms with E-state index in [4.69, 9.17) is 10.2 Å². The van der Waals surface area contributed by atoms with Gasteiger partial charge in [-0.25, -0.2) is 4.79 Å². The summed E-state index contributed by atoms with van der Waals surface area (Å²) in [6.45, 7) is -2.47. The van der Waals surface area contributed by atoms with E-state index in [1.807, 2.05) is 0 Å². The van der Waals surface area contributed by atoms with E-state index in [-0.39, 0.29) is 13.0 Å². The van der Waals surface area contributed by atoms with Crippen LogP contribution in [0, 0.1) is 0 Å². The molecule has 0 saturated heterocycles. The van der Waals surface area contributed by atoms with Crippen molar-refractivity contribution < 1.29 is 37.7 Å². The van der Waals surface area contributed by atoms with Crippen LogP contribution in [0.15, 0.2) is 0 Å². The van der Waals surface area contributed by atoms with Crippen molar-refractivity contribution in [1.29, 1.82) is 0 Å². The molecule has 1 atom stereocenters. The van der Waals surface area contributed by atoms with Crippen LogP contribution in [0.5, 0.6) is 0 Å². The molecule has 1 amide bonds. The largest absolute Gasteiger partial charge is 0.479 e. The Morgan fingerprint density at radius 3 is 2.41 bits per heavy atom. The van der Waals surface area contributed by atoms with E-state index in [1.54, 1.807) is 0 Å². The first-order valence-electron chi connectivity index (χ1n) is 4.54. The number of alkyl halides is 3. The lowest BCUT2D eigenvalue weighted by Crippen LogP contribution is -2.33. The van der Waals surface area contributed by atoms with Gasteiger partial charge in [0, 0.05) is 13.0 Å². The molecule has 0 aliphatic heterocycles. The average molecular weight is 259 g/mol. The van der Waals surface area contributed by atoms with Crippen LogP contribution >= 0.6 is 0 Å². The molecular weight excluding hydrogens is 247 g/mol. The summed E-state index contributed by atoms with van der Waals surface area (Å²) in [5, 5.41) is 19.2. The minimum absolute atomic E-state index is 0.165. The minimum Gasteiger partial charge on any atom is -0.479 e. The monoisotopic (exact) mass is 259 g/mol. The van der Waals surface area contributed by atoms with Crippen molar-refractivity contribution in [2.45, 2.75) is 18.7 Å². The number of aliphatic carboxylic acids is 1. The molecule has 0 saturated carbocycles. The zero-order valence-corrected chi connectivity index (χ0v) is 8.66. The van der Waals surface area contributed by atoms with Crippen LogP contribution in [-0.4, -0.2) is 54.1 Å². The maximum Gasteiger partial charge on any atom is 0.411 e. The van der Waals surface area contributed by atoms with Crippen LogP contribution in [-0.2, 0) is 14.3 Å². The lowest BCUT2D eigenvalue weighted by atomic mass is 10.2. The highest BCUT2D eigenvalue weighted by atomic mass is 19.4. The summed E-state index contributed by atoms with van der Waals surface area (Å²) in [4.78, 5) is 21.0. The van der Waals surface area contributed by atoms with Crippen molar-refractivity contribution in [3.05, 3.63) is 0 Å². The van der Waals surface area contributed by atoms with Gasteiger partial charge >= 0.3 is 12.1 Å². The highest BCUT2D eigenvalue weighted by Gasteiger charge is 2.27. The Balaban J connectivity index is 3.57. The lowest BCUT2D eigenvalue weighted by molar-refractivity contribution is -0.175. The zero-order valence-electron chi connectivity index (χ0n) is 8.66. The molecule has 0 bridgehead atoms. The van der Waals surface area contributed by atoms with Gasteiger partial charge in [-0.1, -0.05) is 0 Å². The van der Waals surface area contributed by atoms with Crippen molar-refractivity contribution in [1.82, 2.24) is 5.32 Å². The Bertz CT molecular complexity index is 268. The number of halogens is 3. The topological polar surface area (TPSA) is 95.9 Å². The van der Waals surface area contributed by atoms with Gasteiger partial charge in [0.1, 0.15) is 13.2 Å². The van der Waals surface area contributed by atoms with E-state index < -0.39 is 37.4 Å². The molecule has 0 aromatic heterocycles. The van der Waals surface area contributed by atoms with Crippen LogP contribution in [0.4, 0.5) is 13.2 Å². The molecule has 0 aromatic rings. The van der Waals surface area contributed by atoms with Gasteiger partial charge in [-0.05, 0) is 0 Å². The number of carbonyl (C=O) groups excluding carboxylic acids is 1. The first kappa shape index (κ1) is 15.7. The molecule has 0 fully saturated rings. The fraction of sp³-hybridized carbons (Fsp3) is 0.750. The molecule has 0 radical (unpaired) electrons. The van der Waals surface area contributed by atoms with Gasteiger partial charge in [0.05, 0.1) is 0 Å². The van der Waals surface area contributed by atoms with Gasteiger partial charge in [-0.3, -0.25) is 4.79 Å². The first-order chi connectivity index (χ1) is 7.72. The van der Waals surface area contributed by atoms with Gasteiger partial charge in [-0.15, -0.1) is 0 Å². The number of carbonyl (C=O) groups is 2. The molecule has 0 spiro atoms. The first-order valence-corrected chi connectivity index (χ1v) is 4.54. The zero-order chi connectivity index (χ0) is 13.5. The number of hydrogen-bond acceptors (Lipinski definition) is 4. The van der Waals surface area contributed by atoms with Crippen molar-refractivity contribution in [3.8, 4) is 0 Å². The van der Waals surface area contributed by atoms with Crippen molar-refractivity contribution >= 4 is 11.9 Å². The Kier molecular flexibility index (Phi) is 6.51. The molecule has 0 aliphatic carbocycles. The number of carboxylic acid groups (broad SMARTS) is 1. The third kappa shape index (κ3) is 9.57. The number of rotatable bonds is 7. The van der Waals surface area contributed by atoms with E-state index in [0.717, 1.165) is 0 Å². The molecule has 0 heterocycles. The molecule has 0 rings (SSSR count). The molecule has 17 heavy (non-hydrogen) atoms. The van der Waals surface area contributed by atoms with Gasteiger partial charge in [0.2, 0.25) is 5.91 Å². The molecule has 0 aliphatic rings. The Morgan fingerprint density at radius 2 is 1.94 bits per heavy atom. The summed E-state index contributed by atoms with van der Waals surface area (Å²) in [7, 11) is 0. The molecule has 9 heteroatoms. The van der Waals surface area contributed by atoms with Crippen molar-refractivity contribution in [3.63, 3.8) is 0 Å². The van der Waals surface area contributed by atoms with Crippen LogP contribution in [0.3, 0.4) is 0 Å². The van der Waals surface area contributed by atoms with E-state index in [1.165, 1.54) is 0 Å². The maximum absolute atomic E-state index is 11.6. The van der Waals surface area contributed by atoms with Crippen LogP contribution in [0.2, 0.25) is 0 Å². The summed E-state index contributed by atoms with van der Waals surface area (Å²) in [6.07, 6.45) is -6.36. The predicted octanol–water partition coefficient (Wildman–Crippen LogP) is -0.483. The maximum atomic E-state index is 11.6. The summed E-state index contributed by atoms with van der Waals surface area (Å²) in [6, 6.07) is 0. The SMILES string of the molecule is O=C(COCC(F)(F)F)NCCC(O)C(=O)O. The average Bonchev–Trinajstić information content (AvgIpc) is 2.15. The van der Waals surface area contributed by atoms with Gasteiger partial charge in [0.15, 0.2) is 6.10 Å². The number of aliphatic hydroxyl groups is 1. The number of carboxylic acids is 1. The molecular formula is C8H12F3NO5.